The number of aromatic nitrogens is 3. The summed E-state index contributed by atoms with van der Waals surface area (Å²) >= 11 is 3.44. The van der Waals surface area contributed by atoms with Crippen LogP contribution in [0, 0.1) is 0 Å². The number of fused-ring (bicyclic) bond motifs is 1. The van der Waals surface area contributed by atoms with Gasteiger partial charge in [0.1, 0.15) is 5.69 Å². The summed E-state index contributed by atoms with van der Waals surface area (Å²) in [4.78, 5) is 17.1. The number of nitrogens with two attached hydrogens (primary N) is 1. The summed E-state index contributed by atoms with van der Waals surface area (Å²) in [6.07, 6.45) is 6.03. The predicted octanol–water partition coefficient (Wildman–Crippen LogP) is 3.43. The van der Waals surface area contributed by atoms with E-state index in [4.69, 9.17) is 5.73 Å². The van der Waals surface area contributed by atoms with Crippen molar-refractivity contribution in [2.24, 2.45) is 5.73 Å². The second-order valence-electron chi connectivity index (χ2n) is 6.77. The maximum atomic E-state index is 12.7. The molecule has 27 heavy (non-hydrogen) atoms. The average molecular weight is 429 g/mol. The minimum atomic E-state index is -0.235. The predicted molar refractivity (Wildman–Crippen MR) is 109 cm³/mol. The number of hydrogen-bond donors (Lipinski definition) is 3. The van der Waals surface area contributed by atoms with Gasteiger partial charge in [0.25, 0.3) is 5.91 Å². The van der Waals surface area contributed by atoms with Crippen LogP contribution in [-0.4, -0.2) is 32.6 Å². The van der Waals surface area contributed by atoms with E-state index < -0.39 is 0 Å². The van der Waals surface area contributed by atoms with Crippen LogP contribution < -0.4 is 16.4 Å². The van der Waals surface area contributed by atoms with Crippen LogP contribution in [0.4, 0.5) is 11.6 Å². The van der Waals surface area contributed by atoms with Crippen LogP contribution in [0.25, 0.3) is 5.52 Å². The third-order valence-corrected chi connectivity index (χ3v) is 5.58. The highest BCUT2D eigenvalue weighted by Crippen LogP contribution is 2.23. The highest BCUT2D eigenvalue weighted by atomic mass is 79.9. The van der Waals surface area contributed by atoms with Gasteiger partial charge in [-0.2, -0.15) is 0 Å². The summed E-state index contributed by atoms with van der Waals surface area (Å²) in [7, 11) is 0. The largest absolute Gasteiger partial charge is 0.349 e. The molecule has 0 saturated heterocycles. The van der Waals surface area contributed by atoms with E-state index in [-0.39, 0.29) is 18.0 Å². The van der Waals surface area contributed by atoms with Gasteiger partial charge >= 0.3 is 0 Å². The maximum absolute atomic E-state index is 12.7. The Morgan fingerprint density at radius 3 is 2.81 bits per heavy atom. The summed E-state index contributed by atoms with van der Waals surface area (Å²) in [6.45, 7) is 0. The third-order valence-electron chi connectivity index (χ3n) is 4.89. The Bertz CT molecular complexity index is 972. The van der Waals surface area contributed by atoms with E-state index in [2.05, 4.69) is 36.6 Å². The molecule has 140 valence electrons. The maximum Gasteiger partial charge on any atom is 0.274 e. The molecule has 1 fully saturated rings. The number of nitrogens with zero attached hydrogens (tertiary/aromatic N) is 3. The lowest BCUT2D eigenvalue weighted by Gasteiger charge is -2.29. The van der Waals surface area contributed by atoms with Crippen LogP contribution in [-0.2, 0) is 0 Å². The van der Waals surface area contributed by atoms with Gasteiger partial charge in [-0.3, -0.25) is 4.79 Å². The van der Waals surface area contributed by atoms with Crippen molar-refractivity contribution >= 4 is 39.0 Å². The monoisotopic (exact) mass is 428 g/mol. The quantitative estimate of drug-likeness (QED) is 0.591. The molecule has 0 aliphatic heterocycles. The number of carbonyl (C=O) groups excluding carboxylic acids is 1. The van der Waals surface area contributed by atoms with Gasteiger partial charge in [0.05, 0.1) is 17.4 Å². The minimum Gasteiger partial charge on any atom is -0.349 e. The molecule has 1 aliphatic carbocycles. The van der Waals surface area contributed by atoms with Crippen LogP contribution >= 0.6 is 15.9 Å². The fraction of sp³-hybridized carbons (Fsp3) is 0.316. The van der Waals surface area contributed by atoms with Crippen molar-refractivity contribution in [1.29, 1.82) is 0 Å². The number of para-hydroxylation sites is 1. The number of carbonyl (C=O) groups is 1. The highest BCUT2D eigenvalue weighted by molar-refractivity contribution is 9.10. The third kappa shape index (κ3) is 3.81. The van der Waals surface area contributed by atoms with Crippen molar-refractivity contribution in [3.63, 3.8) is 0 Å². The van der Waals surface area contributed by atoms with Gasteiger partial charge < -0.3 is 16.4 Å². The molecule has 0 bridgehead atoms. The van der Waals surface area contributed by atoms with E-state index in [1.165, 1.54) is 0 Å². The summed E-state index contributed by atoms with van der Waals surface area (Å²) in [5.41, 5.74) is 8.11. The normalized spacial score (nSPS) is 19.8. The van der Waals surface area contributed by atoms with Crippen molar-refractivity contribution in [1.82, 2.24) is 14.6 Å². The molecule has 1 aliphatic rings. The molecule has 0 radical (unpaired) electrons. The smallest absolute Gasteiger partial charge is 0.274 e. The summed E-state index contributed by atoms with van der Waals surface area (Å²) in [5, 5.41) is 10.8. The van der Waals surface area contributed by atoms with Gasteiger partial charge in [-0.1, -0.05) is 25.0 Å². The number of hydrogen-bond acceptors (Lipinski definition) is 5. The van der Waals surface area contributed by atoms with Crippen molar-refractivity contribution in [3.8, 4) is 0 Å². The Morgan fingerprint density at radius 2 is 2.00 bits per heavy atom. The Balaban J connectivity index is 1.58. The number of rotatable bonds is 4. The van der Waals surface area contributed by atoms with Crippen molar-refractivity contribution in [2.75, 3.05) is 10.6 Å². The number of anilines is 2. The van der Waals surface area contributed by atoms with E-state index in [0.29, 0.717) is 17.3 Å². The van der Waals surface area contributed by atoms with Gasteiger partial charge in [0.15, 0.2) is 0 Å². The Labute approximate surface area is 165 Å². The van der Waals surface area contributed by atoms with Crippen molar-refractivity contribution in [2.45, 2.75) is 37.8 Å². The zero-order chi connectivity index (χ0) is 18.8. The van der Waals surface area contributed by atoms with Gasteiger partial charge in [-0.05, 0) is 53.0 Å². The van der Waals surface area contributed by atoms with E-state index in [1.54, 1.807) is 16.8 Å². The van der Waals surface area contributed by atoms with E-state index >= 15 is 0 Å². The highest BCUT2D eigenvalue weighted by Gasteiger charge is 2.23. The van der Waals surface area contributed by atoms with E-state index in [1.807, 2.05) is 30.3 Å². The van der Waals surface area contributed by atoms with Gasteiger partial charge in [0.2, 0.25) is 5.95 Å². The van der Waals surface area contributed by atoms with Gasteiger partial charge in [-0.25, -0.2) is 9.50 Å². The average Bonchev–Trinajstić information content (AvgIpc) is 3.09. The molecule has 3 aromatic rings. The first-order valence-electron chi connectivity index (χ1n) is 9.04. The molecule has 1 saturated carbocycles. The van der Waals surface area contributed by atoms with Crippen LogP contribution in [0.5, 0.6) is 0 Å². The van der Waals surface area contributed by atoms with E-state index in [9.17, 15) is 4.79 Å². The Morgan fingerprint density at radius 1 is 1.19 bits per heavy atom. The first-order chi connectivity index (χ1) is 13.1. The standard InChI is InChI=1S/C19H21BrN6O/c20-13-5-1-3-7-15(13)23-18(27)17-10-9-12-11-22-19(25-26(12)17)24-16-8-4-2-6-14(16)21/h1,3,5,7,9-11,14,16H,2,4,6,8,21H2,(H,23,27)(H,24,25)/t14-,16+/m0/s1. The van der Waals surface area contributed by atoms with Crippen LogP contribution in [0.1, 0.15) is 36.2 Å². The molecule has 1 amide bonds. The molecule has 4 rings (SSSR count). The van der Waals surface area contributed by atoms with Crippen LogP contribution in [0.2, 0.25) is 0 Å². The summed E-state index contributed by atoms with van der Waals surface area (Å²) in [5.74, 6) is 0.247. The molecule has 2 aromatic heterocycles. The molecule has 2 atom stereocenters. The van der Waals surface area contributed by atoms with Gasteiger partial charge in [0, 0.05) is 16.6 Å². The van der Waals surface area contributed by atoms with Crippen LogP contribution in [0.15, 0.2) is 47.1 Å². The van der Waals surface area contributed by atoms with Crippen molar-refractivity contribution < 1.29 is 4.79 Å². The topological polar surface area (TPSA) is 97.3 Å². The number of benzene rings is 1. The first kappa shape index (κ1) is 17.9. The molecule has 7 nitrogen and oxygen atoms in total. The SMILES string of the molecule is N[C@H]1CCCC[C@H]1Nc1ncc2ccc(C(=O)Nc3ccccc3Br)n2n1. The lowest BCUT2D eigenvalue weighted by atomic mass is 9.91. The summed E-state index contributed by atoms with van der Waals surface area (Å²) < 4.78 is 2.43. The molecule has 2 heterocycles. The zero-order valence-corrected chi connectivity index (χ0v) is 16.3. The molecule has 8 heteroatoms. The van der Waals surface area contributed by atoms with Gasteiger partial charge in [-0.15, -0.1) is 5.10 Å². The fourth-order valence-electron chi connectivity index (χ4n) is 3.39. The molecular weight excluding hydrogens is 408 g/mol. The molecule has 0 unspecified atom stereocenters. The molecular formula is C19H21BrN6O. The molecule has 4 N–H and O–H groups in total. The summed E-state index contributed by atoms with van der Waals surface area (Å²) in [6, 6.07) is 11.3. The van der Waals surface area contributed by atoms with E-state index in [0.717, 1.165) is 35.7 Å². The number of halogens is 1. The molecule has 0 spiro atoms. The first-order valence-corrected chi connectivity index (χ1v) is 9.84. The zero-order valence-electron chi connectivity index (χ0n) is 14.7. The Hall–Kier alpha value is -2.45. The lowest BCUT2D eigenvalue weighted by molar-refractivity contribution is 0.102. The van der Waals surface area contributed by atoms with Crippen LogP contribution in [0.3, 0.4) is 0 Å². The van der Waals surface area contributed by atoms with Crippen molar-refractivity contribution in [3.05, 3.63) is 52.8 Å². The molecule has 1 aromatic carbocycles. The lowest BCUT2D eigenvalue weighted by Crippen LogP contribution is -2.43. The second-order valence-corrected chi connectivity index (χ2v) is 7.62. The minimum absolute atomic E-state index is 0.0981. The Kier molecular flexibility index (Phi) is 5.09. The fourth-order valence-corrected chi connectivity index (χ4v) is 3.78. The second kappa shape index (κ2) is 7.66. The number of nitrogens with one attached hydrogen (secondary N) is 2. The number of amides is 1.